The molecular formula is C16H24N2O4S2. The van der Waals surface area contributed by atoms with Crippen LogP contribution >= 0.6 is 0 Å². The number of sulfonamides is 2. The number of aryl methyl sites for hydroxylation is 1. The molecule has 8 heteroatoms. The second kappa shape index (κ2) is 6.55. The van der Waals surface area contributed by atoms with E-state index in [1.807, 2.05) is 0 Å². The molecule has 1 saturated heterocycles. The summed E-state index contributed by atoms with van der Waals surface area (Å²) < 4.78 is 53.2. The Bertz CT molecular complexity index is 812. The normalized spacial score (nSPS) is 21.8. The van der Waals surface area contributed by atoms with Crippen molar-refractivity contribution < 1.29 is 16.8 Å². The van der Waals surface area contributed by atoms with Gasteiger partial charge in [-0.3, -0.25) is 9.03 Å². The standard InChI is InChI=1S/C16H24N2O4S2/c1-13-12-14(18-10-5-11-23(18,19)20)8-9-16(13)17-24(21,22)15-6-3-2-4-7-15/h8-9,12,15,17H,2-7,10-11H2,1H3. The van der Waals surface area contributed by atoms with Crippen LogP contribution in [0.15, 0.2) is 18.2 Å². The van der Waals surface area contributed by atoms with Gasteiger partial charge >= 0.3 is 0 Å². The van der Waals surface area contributed by atoms with E-state index >= 15 is 0 Å². The summed E-state index contributed by atoms with van der Waals surface area (Å²) in [7, 11) is -6.62. The highest BCUT2D eigenvalue weighted by Crippen LogP contribution is 2.30. The summed E-state index contributed by atoms with van der Waals surface area (Å²) in [6.45, 7) is 2.28. The summed E-state index contributed by atoms with van der Waals surface area (Å²) in [5.41, 5.74) is 1.86. The Morgan fingerprint density at radius 3 is 2.42 bits per heavy atom. The van der Waals surface area contributed by atoms with Gasteiger partial charge in [-0.2, -0.15) is 0 Å². The summed E-state index contributed by atoms with van der Waals surface area (Å²) >= 11 is 0. The van der Waals surface area contributed by atoms with Crippen LogP contribution in [0.1, 0.15) is 44.1 Å². The Morgan fingerprint density at radius 1 is 1.12 bits per heavy atom. The van der Waals surface area contributed by atoms with Crippen molar-refractivity contribution in [3.63, 3.8) is 0 Å². The van der Waals surface area contributed by atoms with E-state index in [-0.39, 0.29) is 11.0 Å². The van der Waals surface area contributed by atoms with Crippen LogP contribution < -0.4 is 9.03 Å². The van der Waals surface area contributed by atoms with E-state index in [9.17, 15) is 16.8 Å². The van der Waals surface area contributed by atoms with Crippen molar-refractivity contribution in [2.75, 3.05) is 21.3 Å². The van der Waals surface area contributed by atoms with Crippen molar-refractivity contribution in [3.8, 4) is 0 Å². The predicted molar refractivity (Wildman–Crippen MR) is 96.3 cm³/mol. The van der Waals surface area contributed by atoms with Crippen molar-refractivity contribution in [2.45, 2.75) is 50.7 Å². The average Bonchev–Trinajstić information content (AvgIpc) is 2.89. The number of nitrogens with one attached hydrogen (secondary N) is 1. The molecule has 1 heterocycles. The molecule has 1 aromatic rings. The van der Waals surface area contributed by atoms with Crippen LogP contribution in [0.5, 0.6) is 0 Å². The first kappa shape index (κ1) is 17.5. The molecule has 0 bridgehead atoms. The Kier molecular flexibility index (Phi) is 4.79. The molecule has 0 radical (unpaired) electrons. The molecule has 2 aliphatic rings. The number of anilines is 2. The zero-order valence-electron chi connectivity index (χ0n) is 13.9. The predicted octanol–water partition coefficient (Wildman–Crippen LogP) is 2.61. The molecule has 134 valence electrons. The molecule has 1 aliphatic carbocycles. The van der Waals surface area contributed by atoms with Gasteiger partial charge < -0.3 is 0 Å². The van der Waals surface area contributed by atoms with E-state index < -0.39 is 20.0 Å². The zero-order chi connectivity index (χ0) is 17.4. The lowest BCUT2D eigenvalue weighted by Crippen LogP contribution is -2.30. The minimum Gasteiger partial charge on any atom is -0.283 e. The van der Waals surface area contributed by atoms with E-state index in [0.717, 1.165) is 24.8 Å². The van der Waals surface area contributed by atoms with Gasteiger partial charge in [0.05, 0.1) is 22.4 Å². The molecule has 1 saturated carbocycles. The van der Waals surface area contributed by atoms with Crippen LogP contribution in [0.3, 0.4) is 0 Å². The van der Waals surface area contributed by atoms with Crippen LogP contribution in [0.2, 0.25) is 0 Å². The van der Waals surface area contributed by atoms with Gasteiger partial charge in [-0.25, -0.2) is 16.8 Å². The molecule has 2 fully saturated rings. The van der Waals surface area contributed by atoms with Crippen molar-refractivity contribution in [1.29, 1.82) is 0 Å². The molecule has 1 N–H and O–H groups in total. The second-order valence-electron chi connectivity index (χ2n) is 6.65. The molecular weight excluding hydrogens is 348 g/mol. The molecule has 0 atom stereocenters. The van der Waals surface area contributed by atoms with E-state index in [4.69, 9.17) is 0 Å². The molecule has 24 heavy (non-hydrogen) atoms. The van der Waals surface area contributed by atoms with E-state index in [2.05, 4.69) is 4.72 Å². The smallest absolute Gasteiger partial charge is 0.235 e. The highest BCUT2D eigenvalue weighted by Gasteiger charge is 2.30. The highest BCUT2D eigenvalue weighted by atomic mass is 32.2. The van der Waals surface area contributed by atoms with Crippen molar-refractivity contribution >= 4 is 31.4 Å². The third-order valence-electron chi connectivity index (χ3n) is 4.84. The van der Waals surface area contributed by atoms with Crippen LogP contribution in [0, 0.1) is 6.92 Å². The SMILES string of the molecule is Cc1cc(N2CCCS2(=O)=O)ccc1NS(=O)(=O)C1CCCCC1. The van der Waals surface area contributed by atoms with Gasteiger partial charge in [0.25, 0.3) is 0 Å². The number of benzene rings is 1. The Balaban J connectivity index is 1.80. The van der Waals surface area contributed by atoms with Gasteiger partial charge in [-0.15, -0.1) is 0 Å². The molecule has 3 rings (SSSR count). The Morgan fingerprint density at radius 2 is 1.83 bits per heavy atom. The minimum atomic E-state index is -3.40. The largest absolute Gasteiger partial charge is 0.283 e. The topological polar surface area (TPSA) is 83.6 Å². The van der Waals surface area contributed by atoms with Crippen LogP contribution in [0.4, 0.5) is 11.4 Å². The van der Waals surface area contributed by atoms with E-state index in [1.165, 1.54) is 4.31 Å². The Hall–Kier alpha value is -1.28. The second-order valence-corrected chi connectivity index (χ2v) is 10.6. The summed E-state index contributed by atoms with van der Waals surface area (Å²) in [6.07, 6.45) is 5.05. The Labute approximate surface area is 144 Å². The molecule has 1 aliphatic heterocycles. The quantitative estimate of drug-likeness (QED) is 0.880. The minimum absolute atomic E-state index is 0.169. The summed E-state index contributed by atoms with van der Waals surface area (Å²) in [6, 6.07) is 5.08. The van der Waals surface area contributed by atoms with E-state index in [1.54, 1.807) is 25.1 Å². The van der Waals surface area contributed by atoms with Gasteiger partial charge in [-0.05, 0) is 49.9 Å². The molecule has 0 unspecified atom stereocenters. The fraction of sp³-hybridized carbons (Fsp3) is 0.625. The van der Waals surface area contributed by atoms with Crippen molar-refractivity contribution in [1.82, 2.24) is 0 Å². The molecule has 1 aromatic carbocycles. The zero-order valence-corrected chi connectivity index (χ0v) is 15.5. The number of rotatable bonds is 4. The lowest BCUT2D eigenvalue weighted by Gasteiger charge is -2.23. The summed E-state index contributed by atoms with van der Waals surface area (Å²) in [4.78, 5) is 0. The monoisotopic (exact) mass is 372 g/mol. The third-order valence-corrected chi connectivity index (χ3v) is 8.56. The number of nitrogens with zero attached hydrogens (tertiary/aromatic N) is 1. The highest BCUT2D eigenvalue weighted by molar-refractivity contribution is 7.93. The van der Waals surface area contributed by atoms with Gasteiger partial charge in [0, 0.05) is 6.54 Å². The first-order chi connectivity index (χ1) is 11.3. The first-order valence-corrected chi connectivity index (χ1v) is 11.6. The van der Waals surface area contributed by atoms with Gasteiger partial charge in [-0.1, -0.05) is 19.3 Å². The van der Waals surface area contributed by atoms with Gasteiger partial charge in [0.15, 0.2) is 0 Å². The summed E-state index contributed by atoms with van der Waals surface area (Å²) in [5.74, 6) is 0.169. The maximum Gasteiger partial charge on any atom is 0.235 e. The maximum absolute atomic E-state index is 12.5. The fourth-order valence-corrected chi connectivity index (χ4v) is 6.67. The van der Waals surface area contributed by atoms with Crippen LogP contribution in [0.25, 0.3) is 0 Å². The third kappa shape index (κ3) is 3.54. The van der Waals surface area contributed by atoms with Crippen molar-refractivity contribution in [2.24, 2.45) is 0 Å². The lowest BCUT2D eigenvalue weighted by atomic mass is 10.0. The lowest BCUT2D eigenvalue weighted by molar-refractivity contribution is 0.486. The van der Waals surface area contributed by atoms with Crippen LogP contribution in [-0.4, -0.2) is 34.4 Å². The fourth-order valence-electron chi connectivity index (χ4n) is 3.46. The number of hydrogen-bond donors (Lipinski definition) is 1. The van der Waals surface area contributed by atoms with E-state index in [0.29, 0.717) is 37.2 Å². The van der Waals surface area contributed by atoms with Crippen molar-refractivity contribution in [3.05, 3.63) is 23.8 Å². The molecule has 0 amide bonds. The van der Waals surface area contributed by atoms with Gasteiger partial charge in [0.1, 0.15) is 0 Å². The first-order valence-electron chi connectivity index (χ1n) is 8.42. The number of hydrogen-bond acceptors (Lipinski definition) is 4. The average molecular weight is 373 g/mol. The summed E-state index contributed by atoms with van der Waals surface area (Å²) in [5, 5.41) is -0.329. The van der Waals surface area contributed by atoms with Gasteiger partial charge in [0.2, 0.25) is 20.0 Å². The molecule has 6 nitrogen and oxygen atoms in total. The molecule has 0 aromatic heterocycles. The van der Waals surface area contributed by atoms with Crippen LogP contribution in [-0.2, 0) is 20.0 Å². The molecule has 0 spiro atoms. The maximum atomic E-state index is 12.5.